The van der Waals surface area contributed by atoms with E-state index >= 15 is 0 Å². The average molecular weight is 283 g/mol. The number of rotatable bonds is 1. The number of pyridine rings is 1. The largest absolute Gasteiger partial charge is 0.416 e. The number of halogens is 3. The van der Waals surface area contributed by atoms with Crippen molar-refractivity contribution in [3.63, 3.8) is 0 Å². The molecule has 0 radical (unpaired) electrons. The van der Waals surface area contributed by atoms with E-state index in [-0.39, 0.29) is 4.64 Å². The Morgan fingerprint density at radius 1 is 1.05 bits per heavy atom. The second-order valence-corrected chi connectivity index (χ2v) is 4.90. The van der Waals surface area contributed by atoms with Gasteiger partial charge in [-0.05, 0) is 31.5 Å². The second kappa shape index (κ2) is 4.81. The van der Waals surface area contributed by atoms with Crippen molar-refractivity contribution in [3.8, 4) is 11.3 Å². The minimum atomic E-state index is -4.39. The van der Waals surface area contributed by atoms with E-state index in [0.29, 0.717) is 5.69 Å². The standard InChI is InChI=1S/C14H12F3NS/c1-8-3-4-11(9(2)5-8)12-6-10(14(15,16)17)7-13(19)18-12/h3-7H,1-2H3,(H,18,19). The van der Waals surface area contributed by atoms with Crippen LogP contribution in [-0.4, -0.2) is 4.98 Å². The van der Waals surface area contributed by atoms with Gasteiger partial charge in [-0.1, -0.05) is 36.0 Å². The van der Waals surface area contributed by atoms with Gasteiger partial charge in [0, 0.05) is 11.3 Å². The molecule has 1 aromatic heterocycles. The van der Waals surface area contributed by atoms with Crippen LogP contribution in [0, 0.1) is 18.5 Å². The summed E-state index contributed by atoms with van der Waals surface area (Å²) in [7, 11) is 0. The van der Waals surface area contributed by atoms with Crippen LogP contribution in [-0.2, 0) is 6.18 Å². The number of aryl methyl sites for hydroxylation is 2. The van der Waals surface area contributed by atoms with Gasteiger partial charge in [-0.3, -0.25) is 0 Å². The lowest BCUT2D eigenvalue weighted by molar-refractivity contribution is -0.137. The highest BCUT2D eigenvalue weighted by Gasteiger charge is 2.31. The quantitative estimate of drug-likeness (QED) is 0.724. The van der Waals surface area contributed by atoms with Crippen LogP contribution in [0.3, 0.4) is 0 Å². The van der Waals surface area contributed by atoms with E-state index in [1.165, 1.54) is 0 Å². The summed E-state index contributed by atoms with van der Waals surface area (Å²) in [5.74, 6) is 0. The number of alkyl halides is 3. The lowest BCUT2D eigenvalue weighted by Crippen LogP contribution is -2.06. The monoisotopic (exact) mass is 283 g/mol. The maximum Gasteiger partial charge on any atom is 0.416 e. The van der Waals surface area contributed by atoms with Crippen LogP contribution < -0.4 is 0 Å². The highest BCUT2D eigenvalue weighted by Crippen LogP contribution is 2.32. The van der Waals surface area contributed by atoms with Crippen molar-refractivity contribution in [3.05, 3.63) is 51.7 Å². The van der Waals surface area contributed by atoms with Crippen molar-refractivity contribution in [1.82, 2.24) is 4.98 Å². The third-order valence-corrected chi connectivity index (χ3v) is 3.06. The maximum atomic E-state index is 12.8. The molecule has 0 fully saturated rings. The van der Waals surface area contributed by atoms with Gasteiger partial charge in [0.1, 0.15) is 4.64 Å². The Morgan fingerprint density at radius 2 is 1.74 bits per heavy atom. The van der Waals surface area contributed by atoms with Crippen LogP contribution >= 0.6 is 12.2 Å². The minimum absolute atomic E-state index is 0.0739. The first-order valence-corrected chi connectivity index (χ1v) is 6.07. The first-order valence-electron chi connectivity index (χ1n) is 5.66. The van der Waals surface area contributed by atoms with Crippen LogP contribution in [0.15, 0.2) is 30.3 Å². The summed E-state index contributed by atoms with van der Waals surface area (Å²) in [5, 5.41) is 0. The zero-order chi connectivity index (χ0) is 14.2. The highest BCUT2D eigenvalue weighted by molar-refractivity contribution is 7.71. The van der Waals surface area contributed by atoms with Gasteiger partial charge >= 0.3 is 6.18 Å². The smallest absolute Gasteiger partial charge is 0.346 e. The number of nitrogens with one attached hydrogen (secondary N) is 1. The van der Waals surface area contributed by atoms with E-state index in [4.69, 9.17) is 12.2 Å². The predicted molar refractivity (Wildman–Crippen MR) is 71.5 cm³/mol. The molecule has 0 amide bonds. The number of hydrogen-bond acceptors (Lipinski definition) is 1. The first-order chi connectivity index (χ1) is 8.77. The highest BCUT2D eigenvalue weighted by atomic mass is 32.1. The molecule has 0 spiro atoms. The summed E-state index contributed by atoms with van der Waals surface area (Å²) in [6, 6.07) is 7.60. The van der Waals surface area contributed by atoms with E-state index in [2.05, 4.69) is 4.98 Å². The van der Waals surface area contributed by atoms with Crippen LogP contribution in [0.5, 0.6) is 0 Å². The molecule has 0 saturated carbocycles. The minimum Gasteiger partial charge on any atom is -0.346 e. The summed E-state index contributed by atoms with van der Waals surface area (Å²) in [5.41, 5.74) is 2.35. The van der Waals surface area contributed by atoms with Gasteiger partial charge in [0.25, 0.3) is 0 Å². The van der Waals surface area contributed by atoms with Crippen LogP contribution in [0.25, 0.3) is 11.3 Å². The van der Waals surface area contributed by atoms with Crippen molar-refractivity contribution in [2.45, 2.75) is 20.0 Å². The summed E-state index contributed by atoms with van der Waals surface area (Å²) in [4.78, 5) is 2.81. The van der Waals surface area contributed by atoms with Crippen molar-refractivity contribution < 1.29 is 13.2 Å². The topological polar surface area (TPSA) is 15.8 Å². The normalized spacial score (nSPS) is 11.6. The Morgan fingerprint density at radius 3 is 2.32 bits per heavy atom. The van der Waals surface area contributed by atoms with E-state index in [0.717, 1.165) is 28.8 Å². The number of H-pyrrole nitrogens is 1. The van der Waals surface area contributed by atoms with E-state index < -0.39 is 11.7 Å². The van der Waals surface area contributed by atoms with Crippen molar-refractivity contribution >= 4 is 12.2 Å². The van der Waals surface area contributed by atoms with Gasteiger partial charge < -0.3 is 4.98 Å². The Labute approximate surface area is 114 Å². The molecule has 0 aliphatic heterocycles. The fourth-order valence-corrected chi connectivity index (χ4v) is 2.20. The molecule has 100 valence electrons. The molecule has 2 rings (SSSR count). The summed E-state index contributed by atoms with van der Waals surface area (Å²) < 4.78 is 38.4. The molecule has 0 atom stereocenters. The summed E-state index contributed by atoms with van der Waals surface area (Å²) in [6.07, 6.45) is -4.39. The van der Waals surface area contributed by atoms with E-state index in [9.17, 15) is 13.2 Å². The number of hydrogen-bond donors (Lipinski definition) is 1. The number of benzene rings is 1. The average Bonchev–Trinajstić information content (AvgIpc) is 2.26. The van der Waals surface area contributed by atoms with Gasteiger partial charge in [-0.2, -0.15) is 13.2 Å². The molecule has 0 aliphatic carbocycles. The molecule has 0 aliphatic rings. The first kappa shape index (κ1) is 13.8. The van der Waals surface area contributed by atoms with Crippen LogP contribution in [0.4, 0.5) is 13.2 Å². The van der Waals surface area contributed by atoms with E-state index in [1.54, 1.807) is 6.07 Å². The number of aromatic amines is 1. The van der Waals surface area contributed by atoms with Gasteiger partial charge in [0.2, 0.25) is 0 Å². The van der Waals surface area contributed by atoms with Crippen LogP contribution in [0.1, 0.15) is 16.7 Å². The SMILES string of the molecule is Cc1ccc(-c2cc(C(F)(F)F)cc(=S)[nH]2)c(C)c1. The number of aromatic nitrogens is 1. The predicted octanol–water partition coefficient (Wildman–Crippen LogP) is 5.05. The van der Waals surface area contributed by atoms with Crippen LogP contribution in [0.2, 0.25) is 0 Å². The molecule has 0 saturated heterocycles. The fourth-order valence-electron chi connectivity index (χ4n) is 1.97. The lowest BCUT2D eigenvalue weighted by atomic mass is 10.0. The van der Waals surface area contributed by atoms with Crippen molar-refractivity contribution in [2.75, 3.05) is 0 Å². The Balaban J connectivity index is 2.63. The zero-order valence-corrected chi connectivity index (χ0v) is 11.2. The Bertz CT molecular complexity index is 671. The molecule has 5 heteroatoms. The molecule has 1 aromatic carbocycles. The van der Waals surface area contributed by atoms with Gasteiger partial charge in [-0.25, -0.2) is 0 Å². The van der Waals surface area contributed by atoms with Crippen molar-refractivity contribution in [2.24, 2.45) is 0 Å². The van der Waals surface area contributed by atoms with Gasteiger partial charge in [0.05, 0.1) is 5.56 Å². The second-order valence-electron chi connectivity index (χ2n) is 4.46. The van der Waals surface area contributed by atoms with E-state index in [1.807, 2.05) is 26.0 Å². The molecule has 0 unspecified atom stereocenters. The molecular formula is C14H12F3NS. The van der Waals surface area contributed by atoms with Gasteiger partial charge in [-0.15, -0.1) is 0 Å². The zero-order valence-electron chi connectivity index (χ0n) is 10.4. The maximum absolute atomic E-state index is 12.8. The third kappa shape index (κ3) is 3.04. The molecule has 1 nitrogen and oxygen atoms in total. The molecule has 1 N–H and O–H groups in total. The molecule has 2 aromatic rings. The summed E-state index contributed by atoms with van der Waals surface area (Å²) in [6.45, 7) is 3.80. The van der Waals surface area contributed by atoms with Gasteiger partial charge in [0.15, 0.2) is 0 Å². The molecule has 1 heterocycles. The third-order valence-electron chi connectivity index (χ3n) is 2.84. The molecule has 19 heavy (non-hydrogen) atoms. The Kier molecular flexibility index (Phi) is 3.49. The fraction of sp³-hybridized carbons (Fsp3) is 0.214. The molecule has 0 bridgehead atoms. The molecular weight excluding hydrogens is 271 g/mol. The summed E-state index contributed by atoms with van der Waals surface area (Å²) >= 11 is 4.87. The van der Waals surface area contributed by atoms with Crippen molar-refractivity contribution in [1.29, 1.82) is 0 Å². The lowest BCUT2D eigenvalue weighted by Gasteiger charge is -2.11. The Hall–Kier alpha value is -1.62.